The van der Waals surface area contributed by atoms with E-state index < -0.39 is 0 Å². The highest BCUT2D eigenvalue weighted by Crippen LogP contribution is 2.20. The van der Waals surface area contributed by atoms with Crippen molar-refractivity contribution in [3.63, 3.8) is 0 Å². The van der Waals surface area contributed by atoms with Crippen LogP contribution in [0.15, 0.2) is 36.8 Å². The number of hydrogen-bond acceptors (Lipinski definition) is 1. The molecule has 0 radical (unpaired) electrons. The molecule has 0 amide bonds. The first-order valence-electron chi connectivity index (χ1n) is 4.24. The number of para-hydroxylation sites is 1. The molecule has 0 saturated heterocycles. The van der Waals surface area contributed by atoms with Crippen LogP contribution in [0.3, 0.4) is 0 Å². The van der Waals surface area contributed by atoms with Crippen LogP contribution in [0.2, 0.25) is 0 Å². The highest BCUT2D eigenvalue weighted by Gasteiger charge is 2.05. The van der Waals surface area contributed by atoms with Crippen molar-refractivity contribution in [3.05, 3.63) is 36.8 Å². The molecule has 2 heterocycles. The summed E-state index contributed by atoms with van der Waals surface area (Å²) in [5.41, 5.74) is 2.40. The molecule has 0 spiro atoms. The van der Waals surface area contributed by atoms with Gasteiger partial charge in [0.2, 0.25) is 0 Å². The van der Waals surface area contributed by atoms with E-state index in [0.29, 0.717) is 0 Å². The highest BCUT2D eigenvalue weighted by molar-refractivity contribution is 5.94. The summed E-state index contributed by atoms with van der Waals surface area (Å²) in [4.78, 5) is 4.11. The summed E-state index contributed by atoms with van der Waals surface area (Å²) in [5, 5.41) is 1.25. The summed E-state index contributed by atoms with van der Waals surface area (Å²) in [5.74, 6) is 0. The maximum Gasteiger partial charge on any atom is 0.115 e. The molecule has 0 fully saturated rings. The van der Waals surface area contributed by atoms with Crippen molar-refractivity contribution in [1.29, 1.82) is 0 Å². The Labute approximate surface area is 75.2 Å². The fourth-order valence-corrected chi connectivity index (χ4v) is 1.81. The topological polar surface area (TPSA) is 22.2 Å². The lowest BCUT2D eigenvalue weighted by molar-refractivity contribution is 0.729. The van der Waals surface area contributed by atoms with E-state index in [1.54, 1.807) is 0 Å². The molecule has 0 bridgehead atoms. The molecule has 64 valence electrons. The third-order valence-corrected chi connectivity index (χ3v) is 2.47. The Morgan fingerprint density at radius 2 is 2.00 bits per heavy atom. The second kappa shape index (κ2) is 2.13. The first-order chi connectivity index (χ1) is 6.38. The van der Waals surface area contributed by atoms with Crippen LogP contribution in [-0.4, -0.2) is 14.2 Å². The molecule has 0 aliphatic rings. The molecule has 3 rings (SSSR count). The Balaban J connectivity index is 2.72. The minimum absolute atomic E-state index is 1.16. The van der Waals surface area contributed by atoms with E-state index in [2.05, 4.69) is 33.9 Å². The number of fused-ring (bicyclic) bond motifs is 3. The Kier molecular flexibility index (Phi) is 1.10. The summed E-state index contributed by atoms with van der Waals surface area (Å²) in [6.07, 6.45) is 3.72. The van der Waals surface area contributed by atoms with Gasteiger partial charge in [0.15, 0.2) is 0 Å². The largest absolute Gasteiger partial charge is 0.282 e. The van der Waals surface area contributed by atoms with Gasteiger partial charge >= 0.3 is 0 Å². The van der Waals surface area contributed by atoms with Gasteiger partial charge in [-0.3, -0.25) is 4.68 Å². The molecular weight excluding hydrogens is 162 g/mol. The Bertz CT molecular complexity index is 574. The van der Waals surface area contributed by atoms with E-state index in [1.807, 2.05) is 24.1 Å². The number of hydrogen-bond donors (Lipinski definition) is 0. The van der Waals surface area contributed by atoms with Gasteiger partial charge in [0.1, 0.15) is 6.33 Å². The van der Waals surface area contributed by atoms with E-state index in [-0.39, 0.29) is 0 Å². The van der Waals surface area contributed by atoms with E-state index in [9.17, 15) is 0 Å². The van der Waals surface area contributed by atoms with Gasteiger partial charge in [-0.15, -0.1) is 0 Å². The number of nitrogens with zero attached hydrogens (tertiary/aromatic N) is 3. The van der Waals surface area contributed by atoms with E-state index in [1.165, 1.54) is 10.9 Å². The van der Waals surface area contributed by atoms with Gasteiger partial charge in [0.05, 0.1) is 17.2 Å². The van der Waals surface area contributed by atoms with Crippen LogP contribution in [0.1, 0.15) is 0 Å². The monoisotopic (exact) mass is 171 g/mol. The highest BCUT2D eigenvalue weighted by atomic mass is 15.4. The third-order valence-electron chi connectivity index (χ3n) is 2.47. The first kappa shape index (κ1) is 6.71. The van der Waals surface area contributed by atoms with Crippen LogP contribution in [0.4, 0.5) is 0 Å². The quantitative estimate of drug-likeness (QED) is 0.505. The lowest BCUT2D eigenvalue weighted by Gasteiger charge is -1.95. The average molecular weight is 171 g/mol. The van der Waals surface area contributed by atoms with E-state index in [0.717, 1.165) is 5.52 Å². The van der Waals surface area contributed by atoms with Crippen molar-refractivity contribution < 1.29 is 0 Å². The Morgan fingerprint density at radius 3 is 2.92 bits per heavy atom. The molecule has 0 aliphatic heterocycles. The zero-order valence-electron chi connectivity index (χ0n) is 7.31. The molecule has 3 aromatic rings. The van der Waals surface area contributed by atoms with Crippen molar-refractivity contribution in [1.82, 2.24) is 14.2 Å². The summed E-state index contributed by atoms with van der Waals surface area (Å²) >= 11 is 0. The van der Waals surface area contributed by atoms with E-state index in [4.69, 9.17) is 0 Å². The van der Waals surface area contributed by atoms with Crippen LogP contribution in [0.5, 0.6) is 0 Å². The van der Waals surface area contributed by atoms with Gasteiger partial charge in [-0.25, -0.2) is 9.50 Å². The first-order valence-corrected chi connectivity index (χ1v) is 4.24. The molecule has 13 heavy (non-hydrogen) atoms. The molecule has 3 heteroatoms. The van der Waals surface area contributed by atoms with Crippen molar-refractivity contribution in [2.75, 3.05) is 0 Å². The molecule has 0 atom stereocenters. The van der Waals surface area contributed by atoms with Crippen LogP contribution in [0, 0.1) is 0 Å². The second-order valence-electron chi connectivity index (χ2n) is 3.16. The number of aryl methyl sites for hydroxylation is 1. The molecule has 0 aliphatic carbocycles. The van der Waals surface area contributed by atoms with Gasteiger partial charge in [-0.2, -0.15) is 0 Å². The maximum atomic E-state index is 4.11. The molecule has 0 N–H and O–H groups in total. The standard InChI is InChI=1S/C10H9N3/c1-12-9-5-3-2-4-8(9)10-6-11-7-13(10)12/h2-7H,1H3. The fraction of sp³-hybridized carbons (Fsp3) is 0.100. The summed E-state index contributed by atoms with van der Waals surface area (Å²) in [7, 11) is 2.04. The predicted octanol–water partition coefficient (Wildman–Crippen LogP) is 1.83. The molecule has 2 aromatic heterocycles. The molecule has 0 unspecified atom stereocenters. The van der Waals surface area contributed by atoms with Crippen molar-refractivity contribution >= 4 is 16.4 Å². The number of aromatic nitrogens is 3. The smallest absolute Gasteiger partial charge is 0.115 e. The van der Waals surface area contributed by atoms with Crippen LogP contribution in [0.25, 0.3) is 16.4 Å². The van der Waals surface area contributed by atoms with Gasteiger partial charge in [0.25, 0.3) is 0 Å². The Morgan fingerprint density at radius 1 is 1.15 bits per heavy atom. The minimum Gasteiger partial charge on any atom is -0.282 e. The van der Waals surface area contributed by atoms with E-state index >= 15 is 0 Å². The summed E-state index contributed by atoms with van der Waals surface area (Å²) in [6.45, 7) is 0. The number of imidazole rings is 1. The second-order valence-corrected chi connectivity index (χ2v) is 3.16. The lowest BCUT2D eigenvalue weighted by atomic mass is 10.2. The number of benzene rings is 1. The fourth-order valence-electron chi connectivity index (χ4n) is 1.81. The normalized spacial score (nSPS) is 11.5. The molecule has 0 saturated carbocycles. The zero-order valence-corrected chi connectivity index (χ0v) is 7.31. The molecule has 3 nitrogen and oxygen atoms in total. The van der Waals surface area contributed by atoms with Gasteiger partial charge in [-0.1, -0.05) is 18.2 Å². The molecule has 1 aromatic carbocycles. The zero-order chi connectivity index (χ0) is 8.84. The maximum absolute atomic E-state index is 4.11. The number of rotatable bonds is 0. The predicted molar refractivity (Wildman–Crippen MR) is 51.7 cm³/mol. The Hall–Kier alpha value is -1.77. The third kappa shape index (κ3) is 0.710. The van der Waals surface area contributed by atoms with Crippen molar-refractivity contribution in [2.45, 2.75) is 0 Å². The minimum atomic E-state index is 1.16. The van der Waals surface area contributed by atoms with Gasteiger partial charge in [0, 0.05) is 12.4 Å². The van der Waals surface area contributed by atoms with Crippen LogP contribution >= 0.6 is 0 Å². The van der Waals surface area contributed by atoms with Gasteiger partial charge < -0.3 is 0 Å². The van der Waals surface area contributed by atoms with Crippen molar-refractivity contribution in [2.24, 2.45) is 7.05 Å². The summed E-state index contributed by atoms with van der Waals surface area (Å²) < 4.78 is 4.14. The van der Waals surface area contributed by atoms with Gasteiger partial charge in [-0.05, 0) is 6.07 Å². The lowest BCUT2D eigenvalue weighted by Crippen LogP contribution is -1.95. The summed E-state index contributed by atoms with van der Waals surface area (Å²) in [6, 6.07) is 8.33. The SMILES string of the molecule is Cn1c2ccccc2c2cncn21. The van der Waals surface area contributed by atoms with Crippen LogP contribution < -0.4 is 0 Å². The van der Waals surface area contributed by atoms with Crippen molar-refractivity contribution in [3.8, 4) is 0 Å². The molecular formula is C10H9N3. The van der Waals surface area contributed by atoms with Crippen LogP contribution in [-0.2, 0) is 7.05 Å². The average Bonchev–Trinajstić information content (AvgIpc) is 2.72.